The summed E-state index contributed by atoms with van der Waals surface area (Å²) in [6.07, 6.45) is 1.46. The van der Waals surface area contributed by atoms with Gasteiger partial charge < -0.3 is 14.6 Å². The first-order chi connectivity index (χ1) is 10.0. The Morgan fingerprint density at radius 1 is 1.29 bits per heavy atom. The molecule has 118 valence electrons. The highest BCUT2D eigenvalue weighted by Gasteiger charge is 2.18. The quantitative estimate of drug-likeness (QED) is 0.737. The lowest BCUT2D eigenvalue weighted by molar-refractivity contribution is 0.171. The van der Waals surface area contributed by atoms with Gasteiger partial charge >= 0.3 is 0 Å². The van der Waals surface area contributed by atoms with Gasteiger partial charge in [-0.3, -0.25) is 0 Å². The zero-order valence-corrected chi connectivity index (χ0v) is 12.9. The fraction of sp³-hybridized carbons (Fsp3) is 0.571. The third-order valence-electron chi connectivity index (χ3n) is 3.30. The molecule has 21 heavy (non-hydrogen) atoms. The fourth-order valence-electron chi connectivity index (χ4n) is 2.02. The van der Waals surface area contributed by atoms with Crippen LogP contribution in [0.5, 0.6) is 11.5 Å². The summed E-state index contributed by atoms with van der Waals surface area (Å²) in [5.41, 5.74) is 0. The minimum absolute atomic E-state index is 0.120. The minimum Gasteiger partial charge on any atom is -0.486 e. The number of hydrogen-bond donors (Lipinski definition) is 2. The highest BCUT2D eigenvalue weighted by atomic mass is 32.2. The van der Waals surface area contributed by atoms with Gasteiger partial charge in [-0.05, 0) is 30.9 Å². The van der Waals surface area contributed by atoms with Crippen LogP contribution in [0.4, 0.5) is 0 Å². The minimum atomic E-state index is -3.55. The SMILES string of the molecule is C[C@@H](CO)CCCNS(=O)(=O)c1ccc2c(c1)OCCO2. The number of fused-ring (bicyclic) bond motifs is 1. The number of nitrogens with one attached hydrogen (secondary N) is 1. The molecule has 0 unspecified atom stereocenters. The van der Waals surface area contributed by atoms with Crippen LogP contribution >= 0.6 is 0 Å². The Morgan fingerprint density at radius 2 is 2.00 bits per heavy atom. The van der Waals surface area contributed by atoms with Crippen LogP contribution in [0.2, 0.25) is 0 Å². The van der Waals surface area contributed by atoms with E-state index in [-0.39, 0.29) is 17.4 Å². The molecule has 1 aromatic rings. The van der Waals surface area contributed by atoms with Crippen molar-refractivity contribution in [2.45, 2.75) is 24.7 Å². The summed E-state index contributed by atoms with van der Waals surface area (Å²) in [4.78, 5) is 0.168. The van der Waals surface area contributed by atoms with Gasteiger partial charge in [-0.15, -0.1) is 0 Å². The summed E-state index contributed by atoms with van der Waals surface area (Å²) in [7, 11) is -3.55. The van der Waals surface area contributed by atoms with Gasteiger partial charge in [0.1, 0.15) is 13.2 Å². The van der Waals surface area contributed by atoms with Crippen LogP contribution in [0.3, 0.4) is 0 Å². The van der Waals surface area contributed by atoms with E-state index in [1.807, 2.05) is 6.92 Å². The van der Waals surface area contributed by atoms with Crippen LogP contribution in [0.15, 0.2) is 23.1 Å². The molecule has 0 saturated heterocycles. The second-order valence-electron chi connectivity index (χ2n) is 5.13. The fourth-order valence-corrected chi connectivity index (χ4v) is 3.11. The van der Waals surface area contributed by atoms with Gasteiger partial charge in [0.15, 0.2) is 11.5 Å². The highest BCUT2D eigenvalue weighted by molar-refractivity contribution is 7.89. The molecular formula is C14H21NO5S. The van der Waals surface area contributed by atoms with Crippen LogP contribution in [0.1, 0.15) is 19.8 Å². The predicted molar refractivity (Wildman–Crippen MR) is 78.1 cm³/mol. The molecule has 1 aromatic carbocycles. The Labute approximate surface area is 125 Å². The lowest BCUT2D eigenvalue weighted by Gasteiger charge is -2.19. The van der Waals surface area contributed by atoms with Crippen LogP contribution in [0.25, 0.3) is 0 Å². The molecule has 0 radical (unpaired) electrons. The van der Waals surface area contributed by atoms with E-state index in [1.54, 1.807) is 6.07 Å². The Morgan fingerprint density at radius 3 is 2.71 bits per heavy atom. The van der Waals surface area contributed by atoms with E-state index in [4.69, 9.17) is 14.6 Å². The van der Waals surface area contributed by atoms with Gasteiger partial charge in [-0.2, -0.15) is 0 Å². The number of sulfonamides is 1. The average Bonchev–Trinajstić information content (AvgIpc) is 2.50. The first-order valence-electron chi connectivity index (χ1n) is 7.03. The van der Waals surface area contributed by atoms with Crippen molar-refractivity contribution in [1.82, 2.24) is 4.72 Å². The third kappa shape index (κ3) is 4.33. The summed E-state index contributed by atoms with van der Waals surface area (Å²) < 4.78 is 37.7. The maximum atomic E-state index is 12.2. The number of rotatable bonds is 7. The van der Waals surface area contributed by atoms with E-state index >= 15 is 0 Å². The molecule has 2 rings (SSSR count). The van der Waals surface area contributed by atoms with E-state index in [0.29, 0.717) is 37.7 Å². The number of benzene rings is 1. The van der Waals surface area contributed by atoms with Gasteiger partial charge in [0.25, 0.3) is 0 Å². The van der Waals surface area contributed by atoms with Crippen LogP contribution in [0, 0.1) is 5.92 Å². The first-order valence-corrected chi connectivity index (χ1v) is 8.51. The molecule has 6 nitrogen and oxygen atoms in total. The molecule has 0 saturated carbocycles. The van der Waals surface area contributed by atoms with Gasteiger partial charge in [-0.1, -0.05) is 6.92 Å². The topological polar surface area (TPSA) is 84.9 Å². The zero-order chi connectivity index (χ0) is 15.3. The summed E-state index contributed by atoms with van der Waals surface area (Å²) >= 11 is 0. The Bertz CT molecular complexity index is 573. The molecule has 2 N–H and O–H groups in total. The standard InChI is InChI=1S/C14H21NO5S/c1-11(10-16)3-2-6-15-21(17,18)12-4-5-13-14(9-12)20-8-7-19-13/h4-5,9,11,15-16H,2-3,6-8,10H2,1H3/t11-/m1/s1. The molecule has 0 fully saturated rings. The van der Waals surface area contributed by atoms with Crippen molar-refractivity contribution in [3.63, 3.8) is 0 Å². The lowest BCUT2D eigenvalue weighted by atomic mass is 10.1. The Hall–Kier alpha value is -1.31. The molecule has 7 heteroatoms. The average molecular weight is 315 g/mol. The van der Waals surface area contributed by atoms with Crippen molar-refractivity contribution in [3.05, 3.63) is 18.2 Å². The van der Waals surface area contributed by atoms with Crippen LogP contribution in [-0.4, -0.2) is 39.9 Å². The van der Waals surface area contributed by atoms with Gasteiger partial charge in [0.05, 0.1) is 4.90 Å². The summed E-state index contributed by atoms with van der Waals surface area (Å²) in [6.45, 7) is 3.29. The van der Waals surface area contributed by atoms with Crippen molar-refractivity contribution < 1.29 is 23.0 Å². The van der Waals surface area contributed by atoms with E-state index in [2.05, 4.69) is 4.72 Å². The smallest absolute Gasteiger partial charge is 0.240 e. The second-order valence-corrected chi connectivity index (χ2v) is 6.90. The normalized spacial score (nSPS) is 15.7. The van der Waals surface area contributed by atoms with Gasteiger partial charge in [-0.25, -0.2) is 13.1 Å². The largest absolute Gasteiger partial charge is 0.486 e. The van der Waals surface area contributed by atoms with Crippen molar-refractivity contribution in [3.8, 4) is 11.5 Å². The van der Waals surface area contributed by atoms with Crippen molar-refractivity contribution in [2.75, 3.05) is 26.4 Å². The second kappa shape index (κ2) is 7.11. The Balaban J connectivity index is 1.96. The van der Waals surface area contributed by atoms with E-state index in [1.165, 1.54) is 12.1 Å². The molecule has 0 bridgehead atoms. The number of aliphatic hydroxyl groups excluding tert-OH is 1. The molecular weight excluding hydrogens is 294 g/mol. The highest BCUT2D eigenvalue weighted by Crippen LogP contribution is 2.32. The lowest BCUT2D eigenvalue weighted by Crippen LogP contribution is -2.25. The molecule has 0 amide bonds. The molecule has 1 aliphatic heterocycles. The first kappa shape index (κ1) is 16.1. The summed E-state index contributed by atoms with van der Waals surface area (Å²) in [6, 6.07) is 4.59. The molecule has 0 aromatic heterocycles. The van der Waals surface area contributed by atoms with Gasteiger partial charge in [0.2, 0.25) is 10.0 Å². The molecule has 1 aliphatic rings. The van der Waals surface area contributed by atoms with E-state index in [9.17, 15) is 8.42 Å². The third-order valence-corrected chi connectivity index (χ3v) is 4.76. The van der Waals surface area contributed by atoms with Crippen molar-refractivity contribution >= 4 is 10.0 Å². The molecule has 0 spiro atoms. The maximum Gasteiger partial charge on any atom is 0.240 e. The van der Waals surface area contributed by atoms with E-state index in [0.717, 1.165) is 6.42 Å². The molecule has 1 atom stereocenters. The number of aliphatic hydroxyl groups is 1. The van der Waals surface area contributed by atoms with Crippen molar-refractivity contribution in [2.24, 2.45) is 5.92 Å². The maximum absolute atomic E-state index is 12.2. The summed E-state index contributed by atoms with van der Waals surface area (Å²) in [5.74, 6) is 1.21. The van der Waals surface area contributed by atoms with Crippen molar-refractivity contribution in [1.29, 1.82) is 0 Å². The van der Waals surface area contributed by atoms with E-state index < -0.39 is 10.0 Å². The van der Waals surface area contributed by atoms with Gasteiger partial charge in [0, 0.05) is 19.2 Å². The summed E-state index contributed by atoms with van der Waals surface area (Å²) in [5, 5.41) is 8.92. The Kier molecular flexibility index (Phi) is 5.44. The molecule has 1 heterocycles. The number of hydrogen-bond acceptors (Lipinski definition) is 5. The van der Waals surface area contributed by atoms with Crippen LogP contribution in [-0.2, 0) is 10.0 Å². The zero-order valence-electron chi connectivity index (χ0n) is 12.0. The predicted octanol–water partition coefficient (Wildman–Crippen LogP) is 1.14. The van der Waals surface area contributed by atoms with Crippen LogP contribution < -0.4 is 14.2 Å². The number of ether oxygens (including phenoxy) is 2. The monoisotopic (exact) mass is 315 g/mol. The molecule has 0 aliphatic carbocycles.